The molecule has 0 rings (SSSR count). The SMILES string of the molecule is C=C(C)C(=O)OCC(COCCC#N)OCCC#N. The molecule has 0 aliphatic rings. The van der Waals surface area contributed by atoms with Crippen LogP contribution < -0.4 is 0 Å². The molecule has 0 amide bonds. The number of carbonyl (C=O) groups excluding carboxylic acids is 1. The average molecular weight is 266 g/mol. The Balaban J connectivity index is 4.03. The van der Waals surface area contributed by atoms with E-state index in [-0.39, 0.29) is 32.7 Å². The van der Waals surface area contributed by atoms with Crippen LogP contribution in [0.1, 0.15) is 19.8 Å². The highest BCUT2D eigenvalue weighted by atomic mass is 16.6. The fraction of sp³-hybridized carbons (Fsp3) is 0.615. The summed E-state index contributed by atoms with van der Waals surface area (Å²) >= 11 is 0. The van der Waals surface area contributed by atoms with Crippen LogP contribution in [0.25, 0.3) is 0 Å². The Bertz CT molecular complexity index is 368. The Morgan fingerprint density at radius 3 is 2.42 bits per heavy atom. The minimum atomic E-state index is -0.495. The van der Waals surface area contributed by atoms with Crippen molar-refractivity contribution in [1.29, 1.82) is 10.5 Å². The summed E-state index contributed by atoms with van der Waals surface area (Å²) in [6.07, 6.45) is 0.0925. The van der Waals surface area contributed by atoms with Gasteiger partial charge in [0.1, 0.15) is 12.7 Å². The zero-order valence-electron chi connectivity index (χ0n) is 11.1. The predicted octanol–water partition coefficient (Wildman–Crippen LogP) is 1.33. The van der Waals surface area contributed by atoms with Crippen LogP contribution in [0.5, 0.6) is 0 Å². The van der Waals surface area contributed by atoms with E-state index in [0.29, 0.717) is 12.2 Å². The summed E-state index contributed by atoms with van der Waals surface area (Å²) in [4.78, 5) is 11.2. The summed E-state index contributed by atoms with van der Waals surface area (Å²) in [5, 5.41) is 16.8. The van der Waals surface area contributed by atoms with Gasteiger partial charge in [-0.25, -0.2) is 4.79 Å². The maximum atomic E-state index is 11.2. The van der Waals surface area contributed by atoms with Gasteiger partial charge in [-0.15, -0.1) is 0 Å². The van der Waals surface area contributed by atoms with Gasteiger partial charge in [-0.3, -0.25) is 0 Å². The first-order chi connectivity index (χ1) is 9.11. The van der Waals surface area contributed by atoms with Crippen LogP contribution >= 0.6 is 0 Å². The Hall–Kier alpha value is -1.89. The van der Waals surface area contributed by atoms with Crippen LogP contribution in [0.15, 0.2) is 12.2 Å². The molecule has 1 atom stereocenters. The molecule has 0 aromatic rings. The van der Waals surface area contributed by atoms with E-state index in [1.165, 1.54) is 0 Å². The fourth-order valence-corrected chi connectivity index (χ4v) is 1.04. The maximum absolute atomic E-state index is 11.2. The molecule has 6 nitrogen and oxygen atoms in total. The lowest BCUT2D eigenvalue weighted by Gasteiger charge is -2.17. The number of nitriles is 2. The van der Waals surface area contributed by atoms with E-state index in [1.807, 2.05) is 12.1 Å². The van der Waals surface area contributed by atoms with Crippen molar-refractivity contribution in [1.82, 2.24) is 0 Å². The van der Waals surface area contributed by atoms with Crippen LogP contribution in [-0.4, -0.2) is 38.5 Å². The minimum absolute atomic E-state index is 0.0314. The predicted molar refractivity (Wildman–Crippen MR) is 66.8 cm³/mol. The molecular formula is C13H18N2O4. The monoisotopic (exact) mass is 266 g/mol. The second kappa shape index (κ2) is 11.2. The van der Waals surface area contributed by atoms with Crippen LogP contribution in [0.3, 0.4) is 0 Å². The highest BCUT2D eigenvalue weighted by Gasteiger charge is 2.13. The fourth-order valence-electron chi connectivity index (χ4n) is 1.04. The van der Waals surface area contributed by atoms with Crippen molar-refractivity contribution >= 4 is 5.97 Å². The number of esters is 1. The van der Waals surface area contributed by atoms with Gasteiger partial charge in [0.2, 0.25) is 0 Å². The molecule has 1 unspecified atom stereocenters. The molecule has 0 saturated carbocycles. The molecule has 0 radical (unpaired) electrons. The van der Waals surface area contributed by atoms with E-state index in [9.17, 15) is 4.79 Å². The molecule has 6 heteroatoms. The van der Waals surface area contributed by atoms with Crippen molar-refractivity contribution < 1.29 is 19.0 Å². The molecule has 0 aromatic heterocycles. The summed E-state index contributed by atoms with van der Waals surface area (Å²) in [5.74, 6) is -0.495. The number of hydrogen-bond acceptors (Lipinski definition) is 6. The molecule has 0 spiro atoms. The lowest BCUT2D eigenvalue weighted by Crippen LogP contribution is -2.28. The molecule has 0 fully saturated rings. The van der Waals surface area contributed by atoms with E-state index in [2.05, 4.69) is 6.58 Å². The summed E-state index contributed by atoms with van der Waals surface area (Å²) in [6, 6.07) is 3.90. The second-order valence-electron chi connectivity index (χ2n) is 3.76. The van der Waals surface area contributed by atoms with Gasteiger partial charge in [-0.2, -0.15) is 10.5 Å². The first-order valence-corrected chi connectivity index (χ1v) is 5.87. The summed E-state index contributed by atoms with van der Waals surface area (Å²) in [6.45, 7) is 5.80. The molecule has 104 valence electrons. The van der Waals surface area contributed by atoms with Gasteiger partial charge in [0.25, 0.3) is 0 Å². The molecule has 0 N–H and O–H groups in total. The van der Waals surface area contributed by atoms with Crippen molar-refractivity contribution in [2.75, 3.05) is 26.4 Å². The Labute approximate surface area is 113 Å². The Kier molecular flexibility index (Phi) is 10.1. The third kappa shape index (κ3) is 9.78. The first kappa shape index (κ1) is 17.1. The summed E-state index contributed by atoms with van der Waals surface area (Å²) in [7, 11) is 0. The van der Waals surface area contributed by atoms with Gasteiger partial charge in [-0.05, 0) is 6.92 Å². The lowest BCUT2D eigenvalue weighted by molar-refractivity contribution is -0.145. The highest BCUT2D eigenvalue weighted by molar-refractivity contribution is 5.86. The zero-order chi connectivity index (χ0) is 14.5. The molecule has 0 bridgehead atoms. The number of rotatable bonds is 10. The van der Waals surface area contributed by atoms with Crippen molar-refractivity contribution in [2.45, 2.75) is 25.9 Å². The lowest BCUT2D eigenvalue weighted by atomic mass is 10.3. The molecule has 0 aliphatic carbocycles. The van der Waals surface area contributed by atoms with Gasteiger partial charge in [0.15, 0.2) is 0 Å². The Morgan fingerprint density at radius 2 is 1.84 bits per heavy atom. The summed E-state index contributed by atoms with van der Waals surface area (Å²) < 4.78 is 15.5. The first-order valence-electron chi connectivity index (χ1n) is 5.87. The molecule has 0 aromatic carbocycles. The van der Waals surface area contributed by atoms with Gasteiger partial charge in [-0.1, -0.05) is 6.58 Å². The molecule has 19 heavy (non-hydrogen) atoms. The summed E-state index contributed by atoms with van der Waals surface area (Å²) in [5.41, 5.74) is 0.307. The van der Waals surface area contributed by atoms with Crippen molar-refractivity contribution in [3.05, 3.63) is 12.2 Å². The van der Waals surface area contributed by atoms with Gasteiger partial charge in [0, 0.05) is 5.57 Å². The van der Waals surface area contributed by atoms with E-state index in [4.69, 9.17) is 24.7 Å². The Morgan fingerprint density at radius 1 is 1.21 bits per heavy atom. The topological polar surface area (TPSA) is 92.3 Å². The standard InChI is InChI=1S/C13H18N2O4/c1-11(2)13(16)19-10-12(18-8-4-6-15)9-17-7-3-5-14/h12H,1,3-4,7-10H2,2H3. The number of hydrogen-bond donors (Lipinski definition) is 0. The zero-order valence-corrected chi connectivity index (χ0v) is 11.1. The van der Waals surface area contributed by atoms with Gasteiger partial charge in [0.05, 0.1) is 44.8 Å². The number of nitrogens with zero attached hydrogens (tertiary/aromatic N) is 2. The van der Waals surface area contributed by atoms with Crippen molar-refractivity contribution in [2.24, 2.45) is 0 Å². The molecule has 0 aliphatic heterocycles. The maximum Gasteiger partial charge on any atom is 0.333 e. The molecular weight excluding hydrogens is 248 g/mol. The van der Waals surface area contributed by atoms with Crippen LogP contribution in [-0.2, 0) is 19.0 Å². The van der Waals surface area contributed by atoms with Crippen LogP contribution in [0, 0.1) is 22.7 Å². The second-order valence-corrected chi connectivity index (χ2v) is 3.76. The number of ether oxygens (including phenoxy) is 3. The average Bonchev–Trinajstić information content (AvgIpc) is 2.39. The van der Waals surface area contributed by atoms with Crippen molar-refractivity contribution in [3.8, 4) is 12.1 Å². The minimum Gasteiger partial charge on any atom is -0.459 e. The third-order valence-corrected chi connectivity index (χ3v) is 1.98. The quantitative estimate of drug-likeness (QED) is 0.336. The largest absolute Gasteiger partial charge is 0.459 e. The van der Waals surface area contributed by atoms with Crippen LogP contribution in [0.2, 0.25) is 0 Å². The van der Waals surface area contributed by atoms with E-state index in [1.54, 1.807) is 6.92 Å². The number of carbonyl (C=O) groups is 1. The highest BCUT2D eigenvalue weighted by Crippen LogP contribution is 2.00. The van der Waals surface area contributed by atoms with Crippen LogP contribution in [0.4, 0.5) is 0 Å². The molecule has 0 heterocycles. The van der Waals surface area contributed by atoms with E-state index < -0.39 is 12.1 Å². The van der Waals surface area contributed by atoms with Gasteiger partial charge < -0.3 is 14.2 Å². The van der Waals surface area contributed by atoms with Crippen molar-refractivity contribution in [3.63, 3.8) is 0 Å². The third-order valence-electron chi connectivity index (χ3n) is 1.98. The molecule has 0 saturated heterocycles. The van der Waals surface area contributed by atoms with E-state index >= 15 is 0 Å². The normalized spacial score (nSPS) is 11.1. The smallest absolute Gasteiger partial charge is 0.333 e. The van der Waals surface area contributed by atoms with Gasteiger partial charge >= 0.3 is 5.97 Å². The van der Waals surface area contributed by atoms with E-state index in [0.717, 1.165) is 0 Å².